The van der Waals surface area contributed by atoms with Crippen molar-refractivity contribution in [3.8, 4) is 0 Å². The van der Waals surface area contributed by atoms with Gasteiger partial charge in [-0.05, 0) is 18.1 Å². The fourth-order valence-electron chi connectivity index (χ4n) is 3.51. The molecule has 1 N–H and O–H groups in total. The molecule has 2 aromatic carbocycles. The van der Waals surface area contributed by atoms with Gasteiger partial charge < -0.3 is 4.98 Å². The summed E-state index contributed by atoms with van der Waals surface area (Å²) < 4.78 is 28.1. The van der Waals surface area contributed by atoms with Crippen LogP contribution in [0.15, 0.2) is 48.8 Å². The van der Waals surface area contributed by atoms with E-state index in [0.717, 1.165) is 17.9 Å². The average Bonchev–Trinajstić information content (AvgIpc) is 3.11. The predicted molar refractivity (Wildman–Crippen MR) is 92.1 cm³/mol. The molecule has 0 saturated carbocycles. The molecule has 0 aliphatic carbocycles. The SMILES string of the molecule is Cc1ccc(CN2Cc3[nH]cnc3C(c3ccccc3)C2)c(F)c1F. The van der Waals surface area contributed by atoms with Crippen LogP contribution in [0.3, 0.4) is 0 Å². The molecule has 0 radical (unpaired) electrons. The van der Waals surface area contributed by atoms with Crippen LogP contribution in [0, 0.1) is 18.6 Å². The molecule has 4 rings (SSSR count). The fraction of sp³-hybridized carbons (Fsp3) is 0.250. The van der Waals surface area contributed by atoms with Crippen LogP contribution in [0.4, 0.5) is 8.78 Å². The third-order valence-corrected chi connectivity index (χ3v) is 4.86. The molecule has 3 nitrogen and oxygen atoms in total. The van der Waals surface area contributed by atoms with Crippen molar-refractivity contribution in [3.05, 3.63) is 88.5 Å². The van der Waals surface area contributed by atoms with E-state index in [4.69, 9.17) is 0 Å². The number of hydrogen-bond acceptors (Lipinski definition) is 2. The first-order chi connectivity index (χ1) is 12.1. The third-order valence-electron chi connectivity index (χ3n) is 4.86. The number of aromatic nitrogens is 2. The summed E-state index contributed by atoms with van der Waals surface area (Å²) in [7, 11) is 0. The van der Waals surface area contributed by atoms with E-state index >= 15 is 0 Å². The summed E-state index contributed by atoms with van der Waals surface area (Å²) in [5, 5.41) is 0. The minimum Gasteiger partial charge on any atom is -0.347 e. The number of halogens is 2. The summed E-state index contributed by atoms with van der Waals surface area (Å²) >= 11 is 0. The van der Waals surface area contributed by atoms with E-state index in [2.05, 4.69) is 27.0 Å². The van der Waals surface area contributed by atoms with Crippen molar-refractivity contribution < 1.29 is 8.78 Å². The van der Waals surface area contributed by atoms with E-state index in [1.807, 2.05) is 18.2 Å². The quantitative estimate of drug-likeness (QED) is 0.777. The van der Waals surface area contributed by atoms with Gasteiger partial charge in [0.25, 0.3) is 0 Å². The highest BCUT2D eigenvalue weighted by atomic mass is 19.2. The predicted octanol–water partition coefficient (Wildman–Crippen LogP) is 4.14. The Kier molecular flexibility index (Phi) is 4.09. The molecule has 128 valence electrons. The molecule has 0 fully saturated rings. The Morgan fingerprint density at radius 1 is 1.12 bits per heavy atom. The Morgan fingerprint density at radius 2 is 1.92 bits per heavy atom. The van der Waals surface area contributed by atoms with Crippen LogP contribution in [0.2, 0.25) is 0 Å². The minimum atomic E-state index is -0.753. The van der Waals surface area contributed by atoms with Crippen molar-refractivity contribution in [1.29, 1.82) is 0 Å². The lowest BCUT2D eigenvalue weighted by Crippen LogP contribution is -2.34. The van der Waals surface area contributed by atoms with Crippen LogP contribution in [0.25, 0.3) is 0 Å². The summed E-state index contributed by atoms with van der Waals surface area (Å²) in [6.07, 6.45) is 1.70. The molecule has 1 atom stereocenters. The fourth-order valence-corrected chi connectivity index (χ4v) is 3.51. The highest BCUT2D eigenvalue weighted by Gasteiger charge is 2.29. The van der Waals surface area contributed by atoms with E-state index in [9.17, 15) is 8.78 Å². The monoisotopic (exact) mass is 339 g/mol. The third kappa shape index (κ3) is 2.96. The number of aryl methyl sites for hydroxylation is 1. The summed E-state index contributed by atoms with van der Waals surface area (Å²) in [5.74, 6) is -1.38. The molecule has 1 unspecified atom stereocenters. The number of hydrogen-bond donors (Lipinski definition) is 1. The summed E-state index contributed by atoms with van der Waals surface area (Å²) in [4.78, 5) is 9.80. The Morgan fingerprint density at radius 3 is 2.72 bits per heavy atom. The molecule has 5 heteroatoms. The van der Waals surface area contributed by atoms with E-state index in [1.54, 1.807) is 25.4 Å². The second-order valence-electron chi connectivity index (χ2n) is 6.57. The second-order valence-corrected chi connectivity index (χ2v) is 6.57. The van der Waals surface area contributed by atoms with Gasteiger partial charge in [-0.3, -0.25) is 4.90 Å². The van der Waals surface area contributed by atoms with Gasteiger partial charge in [0.05, 0.1) is 17.7 Å². The van der Waals surface area contributed by atoms with E-state index < -0.39 is 11.6 Å². The average molecular weight is 339 g/mol. The molecular weight excluding hydrogens is 320 g/mol. The normalized spacial score (nSPS) is 17.5. The number of H-pyrrole nitrogens is 1. The molecule has 25 heavy (non-hydrogen) atoms. The van der Waals surface area contributed by atoms with Crippen molar-refractivity contribution in [3.63, 3.8) is 0 Å². The van der Waals surface area contributed by atoms with Gasteiger partial charge >= 0.3 is 0 Å². The molecule has 1 aromatic heterocycles. The van der Waals surface area contributed by atoms with Gasteiger partial charge in [-0.1, -0.05) is 42.5 Å². The number of aromatic amines is 1. The number of imidazole rings is 1. The maximum Gasteiger partial charge on any atom is 0.163 e. The highest BCUT2D eigenvalue weighted by Crippen LogP contribution is 2.32. The van der Waals surface area contributed by atoms with Crippen LogP contribution in [-0.4, -0.2) is 21.4 Å². The zero-order valence-corrected chi connectivity index (χ0v) is 14.0. The van der Waals surface area contributed by atoms with Gasteiger partial charge in [0.2, 0.25) is 0 Å². The Hall–Kier alpha value is -2.53. The molecule has 2 heterocycles. The lowest BCUT2D eigenvalue weighted by Gasteiger charge is -2.32. The molecule has 0 saturated heterocycles. The smallest absolute Gasteiger partial charge is 0.163 e. The lowest BCUT2D eigenvalue weighted by molar-refractivity contribution is 0.224. The highest BCUT2D eigenvalue weighted by molar-refractivity contribution is 5.34. The van der Waals surface area contributed by atoms with E-state index in [0.29, 0.717) is 24.2 Å². The van der Waals surface area contributed by atoms with Crippen molar-refractivity contribution in [2.75, 3.05) is 6.54 Å². The molecule has 0 spiro atoms. The maximum atomic E-state index is 14.3. The molecule has 0 bridgehead atoms. The molecule has 0 amide bonds. The van der Waals surface area contributed by atoms with Gasteiger partial charge in [-0.25, -0.2) is 13.8 Å². The van der Waals surface area contributed by atoms with Gasteiger partial charge in [-0.2, -0.15) is 0 Å². The molecule has 1 aliphatic rings. The van der Waals surface area contributed by atoms with Crippen LogP contribution < -0.4 is 0 Å². The number of fused-ring (bicyclic) bond motifs is 1. The van der Waals surface area contributed by atoms with Crippen LogP contribution in [0.1, 0.15) is 34.0 Å². The van der Waals surface area contributed by atoms with Crippen molar-refractivity contribution in [2.24, 2.45) is 0 Å². The molecule has 1 aliphatic heterocycles. The van der Waals surface area contributed by atoms with Gasteiger partial charge in [0.15, 0.2) is 11.6 Å². The molecule has 3 aromatic rings. The van der Waals surface area contributed by atoms with Crippen molar-refractivity contribution in [1.82, 2.24) is 14.9 Å². The maximum absolute atomic E-state index is 14.3. The minimum absolute atomic E-state index is 0.120. The van der Waals surface area contributed by atoms with Crippen LogP contribution in [0.5, 0.6) is 0 Å². The molecular formula is C20H19F2N3. The topological polar surface area (TPSA) is 31.9 Å². The lowest BCUT2D eigenvalue weighted by atomic mass is 9.90. The summed E-state index contributed by atoms with van der Waals surface area (Å²) in [6, 6.07) is 13.5. The van der Waals surface area contributed by atoms with Crippen LogP contribution in [-0.2, 0) is 13.1 Å². The van der Waals surface area contributed by atoms with Crippen LogP contribution >= 0.6 is 0 Å². The first kappa shape index (κ1) is 16.0. The number of nitrogens with zero attached hydrogens (tertiary/aromatic N) is 2. The van der Waals surface area contributed by atoms with Gasteiger partial charge in [0, 0.05) is 31.1 Å². The van der Waals surface area contributed by atoms with Crippen molar-refractivity contribution >= 4 is 0 Å². The number of nitrogens with one attached hydrogen (secondary N) is 1. The largest absolute Gasteiger partial charge is 0.347 e. The standard InChI is InChI=1S/C20H19F2N3/c1-13-7-8-15(19(22)18(13)21)9-25-10-16(14-5-3-2-4-6-14)20-17(11-25)23-12-24-20/h2-8,12,16H,9-11H2,1H3,(H,23,24). The van der Waals surface area contributed by atoms with Gasteiger partial charge in [0.1, 0.15) is 0 Å². The number of benzene rings is 2. The Bertz CT molecular complexity index is 889. The van der Waals surface area contributed by atoms with Crippen molar-refractivity contribution in [2.45, 2.75) is 25.9 Å². The Labute approximate surface area is 145 Å². The first-order valence-corrected chi connectivity index (χ1v) is 8.36. The zero-order chi connectivity index (χ0) is 17.4. The Balaban J connectivity index is 1.64. The summed E-state index contributed by atoms with van der Waals surface area (Å²) in [5.41, 5.74) is 3.97. The second kappa shape index (κ2) is 6.41. The van der Waals surface area contributed by atoms with E-state index in [1.165, 1.54) is 5.56 Å². The van der Waals surface area contributed by atoms with E-state index in [-0.39, 0.29) is 5.92 Å². The zero-order valence-electron chi connectivity index (χ0n) is 14.0. The first-order valence-electron chi connectivity index (χ1n) is 8.36. The van der Waals surface area contributed by atoms with Gasteiger partial charge in [-0.15, -0.1) is 0 Å². The number of rotatable bonds is 3. The summed E-state index contributed by atoms with van der Waals surface area (Å²) in [6.45, 7) is 3.31.